The van der Waals surface area contributed by atoms with Gasteiger partial charge in [0, 0.05) is 6.04 Å². The van der Waals surface area contributed by atoms with Gasteiger partial charge in [0.25, 0.3) is 0 Å². The second kappa shape index (κ2) is 4.14. The third kappa shape index (κ3) is 1.88. The van der Waals surface area contributed by atoms with E-state index in [0.717, 1.165) is 12.0 Å². The van der Waals surface area contributed by atoms with Crippen LogP contribution in [0.15, 0.2) is 27.4 Å². The summed E-state index contributed by atoms with van der Waals surface area (Å²) < 4.78 is 5.01. The summed E-state index contributed by atoms with van der Waals surface area (Å²) in [4.78, 5) is 13.6. The number of nitrogens with one attached hydrogen (secondary N) is 1. The number of oxazole rings is 1. The number of nitrogens with two attached hydrogens (primary N) is 1. The normalized spacial score (nSPS) is 15.2. The van der Waals surface area contributed by atoms with Crippen molar-refractivity contribution in [2.24, 2.45) is 11.7 Å². The lowest BCUT2D eigenvalue weighted by Crippen LogP contribution is -2.18. The van der Waals surface area contributed by atoms with Crippen LogP contribution >= 0.6 is 0 Å². The van der Waals surface area contributed by atoms with Crippen molar-refractivity contribution in [3.05, 3.63) is 34.3 Å². The third-order valence-corrected chi connectivity index (χ3v) is 3.09. The first-order valence-electron chi connectivity index (χ1n) is 5.50. The van der Waals surface area contributed by atoms with E-state index in [1.54, 1.807) is 0 Å². The molecule has 0 spiro atoms. The summed E-state index contributed by atoms with van der Waals surface area (Å²) in [6.07, 6.45) is 1.02. The lowest BCUT2D eigenvalue weighted by Gasteiger charge is -2.18. The zero-order valence-corrected chi connectivity index (χ0v) is 9.49. The molecule has 2 atom stereocenters. The molecular formula is C12H16N2O2. The number of aromatic nitrogens is 1. The zero-order valence-electron chi connectivity index (χ0n) is 9.49. The molecule has 0 bridgehead atoms. The number of hydrogen-bond donors (Lipinski definition) is 2. The Morgan fingerprint density at radius 3 is 2.94 bits per heavy atom. The smallest absolute Gasteiger partial charge is 0.408 e. The maximum atomic E-state index is 11.0. The van der Waals surface area contributed by atoms with Gasteiger partial charge >= 0.3 is 5.76 Å². The SMILES string of the molecule is CCC(C)C(N)c1ccc2[nH]c(=O)oc2c1. The highest BCUT2D eigenvalue weighted by Gasteiger charge is 2.14. The highest BCUT2D eigenvalue weighted by atomic mass is 16.4. The van der Waals surface area contributed by atoms with Crippen LogP contribution in [0.25, 0.3) is 11.1 Å². The standard InChI is InChI=1S/C12H16N2O2/c1-3-7(2)11(13)8-4-5-9-10(6-8)16-12(15)14-9/h4-7,11H,3,13H2,1-2H3,(H,14,15). The number of rotatable bonds is 3. The average Bonchev–Trinajstić information content (AvgIpc) is 2.65. The molecule has 1 aromatic heterocycles. The van der Waals surface area contributed by atoms with Gasteiger partial charge in [-0.05, 0) is 23.6 Å². The molecular weight excluding hydrogens is 204 g/mol. The van der Waals surface area contributed by atoms with Crippen LogP contribution in [0.3, 0.4) is 0 Å². The minimum absolute atomic E-state index is 0.0189. The summed E-state index contributed by atoms with van der Waals surface area (Å²) >= 11 is 0. The summed E-state index contributed by atoms with van der Waals surface area (Å²) in [6.45, 7) is 4.22. The number of benzene rings is 1. The molecule has 0 saturated heterocycles. The Hall–Kier alpha value is -1.55. The van der Waals surface area contributed by atoms with Crippen LogP contribution in [0.4, 0.5) is 0 Å². The van der Waals surface area contributed by atoms with Crippen LogP contribution in [0.1, 0.15) is 31.9 Å². The molecule has 0 radical (unpaired) electrons. The number of aromatic amines is 1. The monoisotopic (exact) mass is 220 g/mol. The fourth-order valence-corrected chi connectivity index (χ4v) is 1.75. The first-order chi connectivity index (χ1) is 7.61. The molecule has 86 valence electrons. The largest absolute Gasteiger partial charge is 0.417 e. The van der Waals surface area contributed by atoms with Gasteiger partial charge in [0.1, 0.15) is 0 Å². The van der Waals surface area contributed by atoms with E-state index in [9.17, 15) is 4.79 Å². The Morgan fingerprint density at radius 1 is 1.50 bits per heavy atom. The summed E-state index contributed by atoms with van der Waals surface area (Å²) in [7, 11) is 0. The first-order valence-corrected chi connectivity index (χ1v) is 5.50. The van der Waals surface area contributed by atoms with Crippen LogP contribution in [0, 0.1) is 5.92 Å². The van der Waals surface area contributed by atoms with E-state index in [1.165, 1.54) is 0 Å². The van der Waals surface area contributed by atoms with Crippen LogP contribution in [-0.4, -0.2) is 4.98 Å². The third-order valence-electron chi connectivity index (χ3n) is 3.09. The molecule has 0 saturated carbocycles. The van der Waals surface area contributed by atoms with Crippen molar-refractivity contribution < 1.29 is 4.42 Å². The Morgan fingerprint density at radius 2 is 2.25 bits per heavy atom. The van der Waals surface area contributed by atoms with E-state index in [1.807, 2.05) is 18.2 Å². The van der Waals surface area contributed by atoms with Gasteiger partial charge < -0.3 is 10.2 Å². The molecule has 4 heteroatoms. The van der Waals surface area contributed by atoms with Crippen LogP contribution in [0.5, 0.6) is 0 Å². The van der Waals surface area contributed by atoms with E-state index >= 15 is 0 Å². The topological polar surface area (TPSA) is 72.0 Å². The number of fused-ring (bicyclic) bond motifs is 1. The molecule has 1 aromatic carbocycles. The summed E-state index contributed by atoms with van der Waals surface area (Å²) in [5.74, 6) is -0.0209. The van der Waals surface area contributed by atoms with Crippen molar-refractivity contribution in [3.8, 4) is 0 Å². The molecule has 4 nitrogen and oxygen atoms in total. The van der Waals surface area contributed by atoms with Gasteiger partial charge in [0.15, 0.2) is 5.58 Å². The first kappa shape index (κ1) is 11.0. The highest BCUT2D eigenvalue weighted by Crippen LogP contribution is 2.24. The quantitative estimate of drug-likeness (QED) is 0.832. The van der Waals surface area contributed by atoms with E-state index in [0.29, 0.717) is 17.0 Å². The molecule has 2 aromatic rings. The fraction of sp³-hybridized carbons (Fsp3) is 0.417. The molecule has 16 heavy (non-hydrogen) atoms. The highest BCUT2D eigenvalue weighted by molar-refractivity contribution is 5.72. The number of hydrogen-bond acceptors (Lipinski definition) is 3. The van der Waals surface area contributed by atoms with Crippen LogP contribution < -0.4 is 11.5 Å². The van der Waals surface area contributed by atoms with Gasteiger partial charge in [0.2, 0.25) is 0 Å². The van der Waals surface area contributed by atoms with Gasteiger partial charge in [-0.15, -0.1) is 0 Å². The Balaban J connectivity index is 2.42. The van der Waals surface area contributed by atoms with Gasteiger partial charge in [-0.3, -0.25) is 4.98 Å². The van der Waals surface area contributed by atoms with Gasteiger partial charge in [-0.2, -0.15) is 0 Å². The van der Waals surface area contributed by atoms with E-state index in [2.05, 4.69) is 18.8 Å². The zero-order chi connectivity index (χ0) is 11.7. The maximum Gasteiger partial charge on any atom is 0.417 e. The van der Waals surface area contributed by atoms with Gasteiger partial charge in [0.05, 0.1) is 5.52 Å². The fourth-order valence-electron chi connectivity index (χ4n) is 1.75. The summed E-state index contributed by atoms with van der Waals surface area (Å²) in [5, 5.41) is 0. The minimum atomic E-state index is -0.427. The van der Waals surface area contributed by atoms with Gasteiger partial charge in [-0.1, -0.05) is 26.3 Å². The molecule has 0 amide bonds. The minimum Gasteiger partial charge on any atom is -0.408 e. The number of H-pyrrole nitrogens is 1. The molecule has 2 rings (SSSR count). The van der Waals surface area contributed by atoms with E-state index in [4.69, 9.17) is 10.2 Å². The predicted molar refractivity (Wildman–Crippen MR) is 63.2 cm³/mol. The van der Waals surface area contributed by atoms with Crippen molar-refractivity contribution in [2.45, 2.75) is 26.3 Å². The van der Waals surface area contributed by atoms with Crippen molar-refractivity contribution in [2.75, 3.05) is 0 Å². The van der Waals surface area contributed by atoms with Crippen molar-refractivity contribution >= 4 is 11.1 Å². The van der Waals surface area contributed by atoms with Crippen molar-refractivity contribution in [1.82, 2.24) is 4.98 Å². The lowest BCUT2D eigenvalue weighted by molar-refractivity contribution is 0.456. The second-order valence-electron chi connectivity index (χ2n) is 4.18. The lowest BCUT2D eigenvalue weighted by atomic mass is 9.93. The Labute approximate surface area is 93.5 Å². The molecule has 1 heterocycles. The van der Waals surface area contributed by atoms with Crippen molar-refractivity contribution in [3.63, 3.8) is 0 Å². The van der Waals surface area contributed by atoms with Crippen LogP contribution in [0.2, 0.25) is 0 Å². The maximum absolute atomic E-state index is 11.0. The molecule has 2 unspecified atom stereocenters. The summed E-state index contributed by atoms with van der Waals surface area (Å²) in [5.41, 5.74) is 8.40. The Bertz CT molecular complexity index is 541. The second-order valence-corrected chi connectivity index (χ2v) is 4.18. The van der Waals surface area contributed by atoms with Crippen molar-refractivity contribution in [1.29, 1.82) is 0 Å². The molecule has 0 aliphatic rings. The Kier molecular flexibility index (Phi) is 2.83. The summed E-state index contributed by atoms with van der Waals surface area (Å²) in [6, 6.07) is 5.58. The van der Waals surface area contributed by atoms with Crippen LogP contribution in [-0.2, 0) is 0 Å². The predicted octanol–water partition coefficient (Wildman–Crippen LogP) is 2.17. The molecule has 3 N–H and O–H groups in total. The molecule has 0 fully saturated rings. The van der Waals surface area contributed by atoms with Gasteiger partial charge in [-0.25, -0.2) is 4.79 Å². The molecule has 0 aliphatic heterocycles. The van der Waals surface area contributed by atoms with E-state index < -0.39 is 5.76 Å². The average molecular weight is 220 g/mol. The van der Waals surface area contributed by atoms with E-state index in [-0.39, 0.29) is 6.04 Å². The molecule has 0 aliphatic carbocycles.